The van der Waals surface area contributed by atoms with Crippen molar-refractivity contribution >= 4 is 11.6 Å². The predicted molar refractivity (Wildman–Crippen MR) is 46.8 cm³/mol. The van der Waals surface area contributed by atoms with E-state index in [0.717, 1.165) is 21.7 Å². The van der Waals surface area contributed by atoms with Crippen LogP contribution in [-0.4, -0.2) is 5.11 Å². The van der Waals surface area contributed by atoms with Gasteiger partial charge in [-0.1, -0.05) is 23.7 Å². The molecule has 0 aromatic heterocycles. The minimum atomic E-state index is 0.0822. The van der Waals surface area contributed by atoms with Gasteiger partial charge in [-0.2, -0.15) is 0 Å². The molecule has 60 valence electrons. The van der Waals surface area contributed by atoms with Crippen molar-refractivity contribution in [3.63, 3.8) is 0 Å². The molecule has 1 aromatic rings. The van der Waals surface area contributed by atoms with Crippen LogP contribution in [0.2, 0.25) is 5.02 Å². The average Bonchev–Trinajstić information content (AvgIpc) is 1.99. The van der Waals surface area contributed by atoms with Gasteiger partial charge in [0.1, 0.15) is 0 Å². The van der Waals surface area contributed by atoms with E-state index in [9.17, 15) is 0 Å². The van der Waals surface area contributed by atoms with Gasteiger partial charge in [0, 0.05) is 5.02 Å². The van der Waals surface area contributed by atoms with Gasteiger partial charge in [-0.25, -0.2) is 0 Å². The van der Waals surface area contributed by atoms with Gasteiger partial charge in [0.15, 0.2) is 0 Å². The van der Waals surface area contributed by atoms with Gasteiger partial charge in [0.25, 0.3) is 0 Å². The lowest BCUT2D eigenvalue weighted by molar-refractivity contribution is 0.281. The lowest BCUT2D eigenvalue weighted by Crippen LogP contribution is -1.88. The summed E-state index contributed by atoms with van der Waals surface area (Å²) in [4.78, 5) is 0. The summed E-state index contributed by atoms with van der Waals surface area (Å²) in [5.74, 6) is 0. The fraction of sp³-hybridized carbons (Fsp3) is 0.333. The van der Waals surface area contributed by atoms with Crippen molar-refractivity contribution in [3.8, 4) is 0 Å². The largest absolute Gasteiger partial charge is 0.392 e. The van der Waals surface area contributed by atoms with Crippen LogP contribution in [0.1, 0.15) is 16.7 Å². The van der Waals surface area contributed by atoms with E-state index < -0.39 is 0 Å². The first-order valence-electron chi connectivity index (χ1n) is 3.51. The van der Waals surface area contributed by atoms with Crippen LogP contribution in [0.4, 0.5) is 0 Å². The normalized spacial score (nSPS) is 10.2. The Hall–Kier alpha value is -0.530. The SMILES string of the molecule is Cc1cc(CO)cc(C)c1Cl. The molecular weight excluding hydrogens is 160 g/mol. The van der Waals surface area contributed by atoms with Crippen molar-refractivity contribution in [1.82, 2.24) is 0 Å². The quantitative estimate of drug-likeness (QED) is 0.687. The fourth-order valence-electron chi connectivity index (χ4n) is 1.13. The van der Waals surface area contributed by atoms with Crippen LogP contribution in [0, 0.1) is 13.8 Å². The van der Waals surface area contributed by atoms with Crippen LogP contribution in [0.25, 0.3) is 0 Å². The van der Waals surface area contributed by atoms with Crippen molar-refractivity contribution in [2.45, 2.75) is 20.5 Å². The Bertz CT molecular complexity index is 245. The van der Waals surface area contributed by atoms with Gasteiger partial charge < -0.3 is 5.11 Å². The number of halogens is 1. The summed E-state index contributed by atoms with van der Waals surface area (Å²) >= 11 is 5.92. The van der Waals surface area contributed by atoms with E-state index in [1.165, 1.54) is 0 Å². The Kier molecular flexibility index (Phi) is 2.53. The molecule has 0 spiro atoms. The molecule has 0 fully saturated rings. The van der Waals surface area contributed by atoms with Crippen LogP contribution in [-0.2, 0) is 6.61 Å². The summed E-state index contributed by atoms with van der Waals surface area (Å²) < 4.78 is 0. The Morgan fingerprint density at radius 3 is 2.09 bits per heavy atom. The molecule has 0 unspecified atom stereocenters. The third-order valence-electron chi connectivity index (χ3n) is 1.68. The molecule has 0 aliphatic rings. The predicted octanol–water partition coefficient (Wildman–Crippen LogP) is 2.45. The van der Waals surface area contributed by atoms with Crippen LogP contribution in [0.5, 0.6) is 0 Å². The minimum absolute atomic E-state index is 0.0822. The van der Waals surface area contributed by atoms with E-state index in [1.54, 1.807) is 0 Å². The zero-order chi connectivity index (χ0) is 8.43. The molecule has 1 nitrogen and oxygen atoms in total. The zero-order valence-corrected chi connectivity index (χ0v) is 7.44. The minimum Gasteiger partial charge on any atom is -0.392 e. The van der Waals surface area contributed by atoms with Crippen LogP contribution in [0.3, 0.4) is 0 Å². The number of aliphatic hydroxyl groups is 1. The number of hydrogen-bond donors (Lipinski definition) is 1. The lowest BCUT2D eigenvalue weighted by Gasteiger charge is -2.04. The van der Waals surface area contributed by atoms with E-state index in [1.807, 2.05) is 26.0 Å². The molecule has 0 radical (unpaired) electrons. The highest BCUT2D eigenvalue weighted by Crippen LogP contribution is 2.21. The molecule has 0 aliphatic carbocycles. The Morgan fingerprint density at radius 2 is 1.73 bits per heavy atom. The van der Waals surface area contributed by atoms with Crippen molar-refractivity contribution in [2.75, 3.05) is 0 Å². The van der Waals surface area contributed by atoms with E-state index in [2.05, 4.69) is 0 Å². The van der Waals surface area contributed by atoms with Gasteiger partial charge in [-0.3, -0.25) is 0 Å². The number of rotatable bonds is 1. The highest BCUT2D eigenvalue weighted by Gasteiger charge is 2.00. The van der Waals surface area contributed by atoms with Gasteiger partial charge in [-0.05, 0) is 30.5 Å². The number of benzene rings is 1. The Balaban J connectivity index is 3.21. The van der Waals surface area contributed by atoms with E-state index >= 15 is 0 Å². The molecule has 0 saturated heterocycles. The summed E-state index contributed by atoms with van der Waals surface area (Å²) in [6.45, 7) is 3.96. The second kappa shape index (κ2) is 3.24. The molecule has 0 atom stereocenters. The molecule has 0 amide bonds. The maximum atomic E-state index is 8.83. The molecule has 1 N–H and O–H groups in total. The second-order valence-corrected chi connectivity index (χ2v) is 3.08. The highest BCUT2D eigenvalue weighted by atomic mass is 35.5. The third-order valence-corrected chi connectivity index (χ3v) is 2.27. The summed E-state index contributed by atoms with van der Waals surface area (Å²) in [7, 11) is 0. The third kappa shape index (κ3) is 1.73. The first-order chi connectivity index (χ1) is 5.15. The second-order valence-electron chi connectivity index (χ2n) is 2.70. The highest BCUT2D eigenvalue weighted by molar-refractivity contribution is 6.32. The van der Waals surface area contributed by atoms with E-state index in [4.69, 9.17) is 16.7 Å². The molecule has 0 saturated carbocycles. The summed E-state index contributed by atoms with van der Waals surface area (Å²) in [5, 5.41) is 9.63. The molecule has 0 bridgehead atoms. The van der Waals surface area contributed by atoms with Gasteiger partial charge in [-0.15, -0.1) is 0 Å². The smallest absolute Gasteiger partial charge is 0.0682 e. The summed E-state index contributed by atoms with van der Waals surface area (Å²) in [5.41, 5.74) is 2.97. The zero-order valence-electron chi connectivity index (χ0n) is 6.69. The lowest BCUT2D eigenvalue weighted by atomic mass is 10.1. The maximum Gasteiger partial charge on any atom is 0.0682 e. The average molecular weight is 171 g/mol. The Morgan fingerprint density at radius 1 is 1.27 bits per heavy atom. The van der Waals surface area contributed by atoms with Crippen LogP contribution < -0.4 is 0 Å². The first kappa shape index (κ1) is 8.57. The van der Waals surface area contributed by atoms with E-state index in [0.29, 0.717) is 0 Å². The van der Waals surface area contributed by atoms with Crippen molar-refractivity contribution < 1.29 is 5.11 Å². The van der Waals surface area contributed by atoms with Gasteiger partial charge >= 0.3 is 0 Å². The molecule has 11 heavy (non-hydrogen) atoms. The van der Waals surface area contributed by atoms with Crippen LogP contribution in [0.15, 0.2) is 12.1 Å². The fourth-order valence-corrected chi connectivity index (χ4v) is 1.24. The van der Waals surface area contributed by atoms with E-state index in [-0.39, 0.29) is 6.61 Å². The van der Waals surface area contributed by atoms with Crippen molar-refractivity contribution in [1.29, 1.82) is 0 Å². The van der Waals surface area contributed by atoms with Gasteiger partial charge in [0.2, 0.25) is 0 Å². The topological polar surface area (TPSA) is 20.2 Å². The molecule has 0 heterocycles. The molecule has 1 rings (SSSR count). The maximum absolute atomic E-state index is 8.83. The molecule has 0 aliphatic heterocycles. The Labute approximate surface area is 71.6 Å². The standard InChI is InChI=1S/C9H11ClO/c1-6-3-8(5-11)4-7(2)9(6)10/h3-4,11H,5H2,1-2H3. The van der Waals surface area contributed by atoms with Crippen LogP contribution >= 0.6 is 11.6 Å². The number of hydrogen-bond acceptors (Lipinski definition) is 1. The summed E-state index contributed by atoms with van der Waals surface area (Å²) in [6.07, 6.45) is 0. The summed E-state index contributed by atoms with van der Waals surface area (Å²) in [6, 6.07) is 3.80. The first-order valence-corrected chi connectivity index (χ1v) is 3.89. The monoisotopic (exact) mass is 170 g/mol. The molecular formula is C9H11ClO. The molecule has 2 heteroatoms. The molecule has 1 aromatic carbocycles. The van der Waals surface area contributed by atoms with Crippen molar-refractivity contribution in [2.24, 2.45) is 0 Å². The number of aliphatic hydroxyl groups excluding tert-OH is 1. The van der Waals surface area contributed by atoms with Gasteiger partial charge in [0.05, 0.1) is 6.61 Å². The number of aryl methyl sites for hydroxylation is 2. The van der Waals surface area contributed by atoms with Crippen molar-refractivity contribution in [3.05, 3.63) is 33.8 Å².